The van der Waals surface area contributed by atoms with Crippen LogP contribution in [0.15, 0.2) is 54.6 Å². The lowest BCUT2D eigenvalue weighted by Gasteiger charge is -2.14. The third-order valence-corrected chi connectivity index (χ3v) is 4.44. The average Bonchev–Trinajstić information content (AvgIpc) is 2.63. The van der Waals surface area contributed by atoms with Gasteiger partial charge in [0, 0.05) is 26.7 Å². The van der Waals surface area contributed by atoms with Gasteiger partial charge >= 0.3 is 5.97 Å². The summed E-state index contributed by atoms with van der Waals surface area (Å²) in [6.07, 6.45) is -0.106. The molecule has 0 bridgehead atoms. The number of halogens is 2. The Morgan fingerprint density at radius 3 is 2.38 bits per heavy atom. The van der Waals surface area contributed by atoms with Gasteiger partial charge in [0.2, 0.25) is 0 Å². The van der Waals surface area contributed by atoms with Crippen molar-refractivity contribution in [1.82, 2.24) is 4.98 Å². The van der Waals surface area contributed by atoms with Gasteiger partial charge in [-0.25, -0.2) is 4.79 Å². The predicted molar refractivity (Wildman–Crippen MR) is 101 cm³/mol. The van der Waals surface area contributed by atoms with E-state index in [2.05, 4.69) is 4.98 Å². The second kappa shape index (κ2) is 7.57. The Labute approximate surface area is 160 Å². The molecule has 128 valence electrons. The van der Waals surface area contributed by atoms with Crippen LogP contribution in [-0.2, 0) is 6.42 Å². The predicted octanol–water partition coefficient (Wildman–Crippen LogP) is 5.49. The van der Waals surface area contributed by atoms with E-state index in [9.17, 15) is 9.90 Å². The summed E-state index contributed by atoms with van der Waals surface area (Å²) >= 11 is 12.3. The quantitative estimate of drug-likeness (QED) is 0.647. The smallest absolute Gasteiger partial charge is 0.337 e. The van der Waals surface area contributed by atoms with E-state index in [0.29, 0.717) is 26.9 Å². The van der Waals surface area contributed by atoms with Gasteiger partial charge in [0.25, 0.3) is 0 Å². The zero-order chi connectivity index (χ0) is 18.7. The molecule has 2 aromatic carbocycles. The second-order valence-electron chi connectivity index (χ2n) is 5.51. The molecule has 0 unspecified atom stereocenters. The van der Waals surface area contributed by atoms with Gasteiger partial charge in [-0.3, -0.25) is 4.98 Å². The highest BCUT2D eigenvalue weighted by Gasteiger charge is 2.19. The minimum atomic E-state index is -1.14. The van der Waals surface area contributed by atoms with Gasteiger partial charge in [0.05, 0.1) is 29.4 Å². The molecule has 0 aliphatic rings. The third-order valence-electron chi connectivity index (χ3n) is 3.86. The molecule has 0 aliphatic heterocycles. The van der Waals surface area contributed by atoms with E-state index in [4.69, 9.17) is 28.5 Å². The zero-order valence-electron chi connectivity index (χ0n) is 13.4. The van der Waals surface area contributed by atoms with E-state index in [0.717, 1.165) is 5.56 Å². The van der Waals surface area contributed by atoms with Crippen molar-refractivity contribution in [3.8, 4) is 28.5 Å². The number of carboxylic acid groups (broad SMARTS) is 1. The van der Waals surface area contributed by atoms with Crippen molar-refractivity contribution in [3.05, 3.63) is 75.9 Å². The molecular weight excluding hydrogens is 371 g/mol. The first-order valence-electron chi connectivity index (χ1n) is 7.66. The summed E-state index contributed by atoms with van der Waals surface area (Å²) in [4.78, 5) is 16.2. The maximum absolute atomic E-state index is 11.7. The minimum Gasteiger partial charge on any atom is -0.478 e. The molecule has 1 heterocycles. The number of hydrogen-bond donors (Lipinski definition) is 1. The maximum Gasteiger partial charge on any atom is 0.337 e. The highest BCUT2D eigenvalue weighted by Crippen LogP contribution is 2.36. The van der Waals surface area contributed by atoms with Gasteiger partial charge in [0.15, 0.2) is 0 Å². The summed E-state index contributed by atoms with van der Waals surface area (Å²) in [5.41, 5.74) is 2.74. The number of rotatable bonds is 4. The van der Waals surface area contributed by atoms with Crippen molar-refractivity contribution in [1.29, 1.82) is 5.26 Å². The van der Waals surface area contributed by atoms with E-state index >= 15 is 0 Å². The minimum absolute atomic E-state index is 0.0146. The van der Waals surface area contributed by atoms with E-state index < -0.39 is 5.97 Å². The Hall–Kier alpha value is -2.87. The van der Waals surface area contributed by atoms with Gasteiger partial charge in [-0.05, 0) is 24.3 Å². The number of carboxylic acids is 1. The molecule has 6 heteroatoms. The van der Waals surface area contributed by atoms with Gasteiger partial charge < -0.3 is 5.11 Å². The maximum atomic E-state index is 11.7. The van der Waals surface area contributed by atoms with Crippen molar-refractivity contribution in [3.63, 3.8) is 0 Å². The highest BCUT2D eigenvalue weighted by atomic mass is 35.5. The number of nitrogens with zero attached hydrogens (tertiary/aromatic N) is 2. The van der Waals surface area contributed by atoms with E-state index in [1.54, 1.807) is 42.5 Å². The fourth-order valence-electron chi connectivity index (χ4n) is 2.66. The SMILES string of the molecule is N#CCc1nc(-c2ccc(Cl)cc2)c(-c2ccccc2Cl)cc1C(=O)O. The molecule has 0 amide bonds. The van der Waals surface area contributed by atoms with Crippen LogP contribution in [0.4, 0.5) is 0 Å². The van der Waals surface area contributed by atoms with Crippen LogP contribution in [0.25, 0.3) is 22.4 Å². The number of hydrogen-bond acceptors (Lipinski definition) is 3. The van der Waals surface area contributed by atoms with Crippen LogP contribution in [0.3, 0.4) is 0 Å². The molecule has 26 heavy (non-hydrogen) atoms. The molecule has 4 nitrogen and oxygen atoms in total. The fourth-order valence-corrected chi connectivity index (χ4v) is 3.02. The number of aromatic nitrogens is 1. The van der Waals surface area contributed by atoms with E-state index in [1.165, 1.54) is 6.07 Å². The molecule has 0 radical (unpaired) electrons. The summed E-state index contributed by atoms with van der Waals surface area (Å²) in [6, 6.07) is 17.7. The van der Waals surface area contributed by atoms with Gasteiger partial charge in [0.1, 0.15) is 0 Å². The first kappa shape index (κ1) is 17.9. The standard InChI is InChI=1S/C20H12Cl2N2O2/c21-13-7-5-12(6-8-13)19-15(14-3-1-2-4-17(14)22)11-16(20(25)26)18(24-19)9-10-23/h1-8,11H,9H2,(H,25,26). The van der Waals surface area contributed by atoms with Crippen LogP contribution in [0.5, 0.6) is 0 Å². The molecule has 1 aromatic heterocycles. The first-order valence-corrected chi connectivity index (χ1v) is 8.42. The van der Waals surface area contributed by atoms with Crippen molar-refractivity contribution in [2.45, 2.75) is 6.42 Å². The average molecular weight is 383 g/mol. The largest absolute Gasteiger partial charge is 0.478 e. The van der Waals surface area contributed by atoms with Crippen LogP contribution in [-0.4, -0.2) is 16.1 Å². The number of carbonyl (C=O) groups is 1. The second-order valence-corrected chi connectivity index (χ2v) is 6.35. The normalized spacial score (nSPS) is 10.3. The van der Waals surface area contributed by atoms with Crippen molar-refractivity contribution < 1.29 is 9.90 Å². The lowest BCUT2D eigenvalue weighted by molar-refractivity contribution is 0.0695. The molecule has 3 rings (SSSR count). The Morgan fingerprint density at radius 1 is 1.08 bits per heavy atom. The lowest BCUT2D eigenvalue weighted by atomic mass is 9.96. The monoisotopic (exact) mass is 382 g/mol. The molecule has 0 aliphatic carbocycles. The molecule has 1 N–H and O–H groups in total. The third kappa shape index (κ3) is 3.55. The summed E-state index contributed by atoms with van der Waals surface area (Å²) in [6.45, 7) is 0. The highest BCUT2D eigenvalue weighted by molar-refractivity contribution is 6.33. The number of pyridine rings is 1. The molecule has 3 aromatic rings. The van der Waals surface area contributed by atoms with E-state index in [1.807, 2.05) is 12.1 Å². The van der Waals surface area contributed by atoms with E-state index in [-0.39, 0.29) is 17.7 Å². The van der Waals surface area contributed by atoms with Crippen LogP contribution in [0, 0.1) is 11.3 Å². The van der Waals surface area contributed by atoms with Crippen LogP contribution in [0.1, 0.15) is 16.1 Å². The van der Waals surface area contributed by atoms with Gasteiger partial charge in [-0.15, -0.1) is 0 Å². The van der Waals surface area contributed by atoms with Crippen molar-refractivity contribution >= 4 is 29.2 Å². The number of benzene rings is 2. The van der Waals surface area contributed by atoms with Crippen molar-refractivity contribution in [2.24, 2.45) is 0 Å². The summed E-state index contributed by atoms with van der Waals surface area (Å²) in [7, 11) is 0. The first-order chi connectivity index (χ1) is 12.5. The summed E-state index contributed by atoms with van der Waals surface area (Å²) in [5, 5.41) is 19.6. The molecule has 0 fully saturated rings. The van der Waals surface area contributed by atoms with Crippen LogP contribution >= 0.6 is 23.2 Å². The molecule has 0 saturated carbocycles. The molecule has 0 saturated heterocycles. The van der Waals surface area contributed by atoms with Crippen LogP contribution < -0.4 is 0 Å². The Bertz CT molecular complexity index is 1020. The van der Waals surface area contributed by atoms with Gasteiger partial charge in [-0.1, -0.05) is 53.5 Å². The molecule has 0 atom stereocenters. The van der Waals surface area contributed by atoms with Crippen molar-refractivity contribution in [2.75, 3.05) is 0 Å². The fraction of sp³-hybridized carbons (Fsp3) is 0.0500. The molecular formula is C20H12Cl2N2O2. The summed E-state index contributed by atoms with van der Waals surface area (Å²) < 4.78 is 0. The zero-order valence-corrected chi connectivity index (χ0v) is 14.9. The van der Waals surface area contributed by atoms with Crippen LogP contribution in [0.2, 0.25) is 10.0 Å². The number of nitriles is 1. The van der Waals surface area contributed by atoms with Gasteiger partial charge in [-0.2, -0.15) is 5.26 Å². The Morgan fingerprint density at radius 2 is 1.77 bits per heavy atom. The Balaban J connectivity index is 2.34. The topological polar surface area (TPSA) is 74.0 Å². The molecule has 0 spiro atoms. The Kier molecular flexibility index (Phi) is 5.22. The summed E-state index contributed by atoms with van der Waals surface area (Å²) in [5.74, 6) is -1.14. The lowest BCUT2D eigenvalue weighted by Crippen LogP contribution is -2.07. The number of aromatic carboxylic acids is 1.